The molecule has 3 N–H and O–H groups in total. The molecule has 1 aliphatic rings. The summed E-state index contributed by atoms with van der Waals surface area (Å²) in [7, 11) is 0. The van der Waals surface area contributed by atoms with E-state index in [0.29, 0.717) is 0 Å². The third-order valence-electron chi connectivity index (χ3n) is 4.46. The number of benzene rings is 2. The van der Waals surface area contributed by atoms with Gasteiger partial charge in [-0.3, -0.25) is 4.79 Å². The molecule has 10 heteroatoms. The Labute approximate surface area is 167 Å². The van der Waals surface area contributed by atoms with E-state index in [1.54, 1.807) is 6.07 Å². The van der Waals surface area contributed by atoms with Crippen LogP contribution in [0.4, 0.5) is 18.0 Å². The molecule has 1 fully saturated rings. The van der Waals surface area contributed by atoms with E-state index >= 15 is 0 Å². The first-order valence-electron chi connectivity index (χ1n) is 7.96. The van der Waals surface area contributed by atoms with Crippen LogP contribution in [0.3, 0.4) is 0 Å². The molecule has 0 spiro atoms. The van der Waals surface area contributed by atoms with Gasteiger partial charge < -0.3 is 15.7 Å². The second-order valence-electron chi connectivity index (χ2n) is 6.21. The second-order valence-corrected chi connectivity index (χ2v) is 7.05. The molecule has 0 aliphatic carbocycles. The molecule has 2 aromatic rings. The average Bonchev–Trinajstić information content (AvgIpc) is 2.60. The number of urea groups is 1. The van der Waals surface area contributed by atoms with Gasteiger partial charge in [-0.2, -0.15) is 13.2 Å². The number of alkyl halides is 3. The average molecular weight is 433 g/mol. The highest BCUT2D eigenvalue weighted by molar-refractivity contribution is 6.31. The molecule has 3 rings (SSSR count). The van der Waals surface area contributed by atoms with Crippen LogP contribution in [0.5, 0.6) is 0 Å². The Morgan fingerprint density at radius 2 is 1.68 bits per heavy atom. The fraction of sp³-hybridized carbons (Fsp3) is 0.222. The fourth-order valence-corrected chi connectivity index (χ4v) is 3.50. The Kier molecular flexibility index (Phi) is 5.31. The van der Waals surface area contributed by atoms with Crippen LogP contribution >= 0.6 is 23.2 Å². The predicted molar refractivity (Wildman–Crippen MR) is 96.1 cm³/mol. The predicted octanol–water partition coefficient (Wildman–Crippen LogP) is 4.10. The molecule has 0 bridgehead atoms. The van der Waals surface area contributed by atoms with Crippen LogP contribution in [0.2, 0.25) is 10.0 Å². The van der Waals surface area contributed by atoms with Crippen molar-refractivity contribution in [2.45, 2.75) is 17.9 Å². The van der Waals surface area contributed by atoms with Gasteiger partial charge >= 0.3 is 12.2 Å². The number of Topliss-reactive ketones (excluding diaryl/α,β-unsaturated/α-hetero) is 1. The molecule has 0 radical (unpaired) electrons. The minimum absolute atomic E-state index is 0.0353. The van der Waals surface area contributed by atoms with Crippen molar-refractivity contribution < 1.29 is 27.9 Å². The molecule has 1 aliphatic heterocycles. The molecule has 5 nitrogen and oxygen atoms in total. The van der Waals surface area contributed by atoms with Crippen molar-refractivity contribution in [1.29, 1.82) is 0 Å². The summed E-state index contributed by atoms with van der Waals surface area (Å²) < 4.78 is 41.3. The lowest BCUT2D eigenvalue weighted by atomic mass is 9.77. The number of rotatable bonds is 3. The van der Waals surface area contributed by atoms with E-state index in [2.05, 4.69) is 5.32 Å². The SMILES string of the molecule is O=C1N[C@@H](c2ccccc2Cl)[C@@H](C(=O)c2ccc(Cl)cc2)[C@@](O)(C(F)(F)F)N1. The van der Waals surface area contributed by atoms with E-state index in [1.807, 2.05) is 0 Å². The van der Waals surface area contributed by atoms with E-state index in [9.17, 15) is 27.9 Å². The smallest absolute Gasteiger partial charge is 0.363 e. The number of aliphatic hydroxyl groups is 1. The van der Waals surface area contributed by atoms with Gasteiger partial charge in [-0.1, -0.05) is 41.4 Å². The Morgan fingerprint density at radius 3 is 2.25 bits per heavy atom. The van der Waals surface area contributed by atoms with Crippen molar-refractivity contribution in [2.24, 2.45) is 5.92 Å². The lowest BCUT2D eigenvalue weighted by Gasteiger charge is -2.45. The number of ketones is 1. The summed E-state index contributed by atoms with van der Waals surface area (Å²) in [6, 6.07) is 8.14. The minimum atomic E-state index is -5.34. The van der Waals surface area contributed by atoms with Crippen LogP contribution in [0, 0.1) is 5.92 Å². The minimum Gasteiger partial charge on any atom is -0.363 e. The van der Waals surface area contributed by atoms with Gasteiger partial charge in [-0.25, -0.2) is 4.79 Å². The molecule has 2 aromatic carbocycles. The quantitative estimate of drug-likeness (QED) is 0.638. The van der Waals surface area contributed by atoms with E-state index in [4.69, 9.17) is 23.2 Å². The first kappa shape index (κ1) is 20.4. The molecular weight excluding hydrogens is 420 g/mol. The maximum absolute atomic E-state index is 13.8. The van der Waals surface area contributed by atoms with Crippen LogP contribution < -0.4 is 10.6 Å². The Balaban J connectivity index is 2.18. The number of carbonyl (C=O) groups excluding carboxylic acids is 2. The van der Waals surface area contributed by atoms with Crippen molar-refractivity contribution in [2.75, 3.05) is 0 Å². The largest absolute Gasteiger partial charge is 0.437 e. The summed E-state index contributed by atoms with van der Waals surface area (Å²) in [4.78, 5) is 25.0. The van der Waals surface area contributed by atoms with Gasteiger partial charge in [0.15, 0.2) is 5.78 Å². The molecule has 2 amide bonds. The molecule has 28 heavy (non-hydrogen) atoms. The molecule has 0 saturated carbocycles. The monoisotopic (exact) mass is 432 g/mol. The van der Waals surface area contributed by atoms with Gasteiger partial charge in [0.05, 0.1) is 6.04 Å². The highest BCUT2D eigenvalue weighted by Gasteiger charge is 2.66. The maximum Gasteiger partial charge on any atom is 0.437 e. The standard InChI is InChI=1S/C18H13Cl2F3N2O3/c19-10-7-5-9(6-8-10)15(26)13-14(11-3-1-2-4-12(11)20)24-16(27)25-17(13,28)18(21,22)23/h1-8,13-14,28H,(H2,24,25,27)/t13-,14-,17+/m0/s1. The highest BCUT2D eigenvalue weighted by Crippen LogP contribution is 2.45. The summed E-state index contributed by atoms with van der Waals surface area (Å²) in [6.07, 6.45) is -5.34. The van der Waals surface area contributed by atoms with Crippen LogP contribution in [0.1, 0.15) is 22.0 Å². The van der Waals surface area contributed by atoms with E-state index < -0.39 is 35.7 Å². The number of amides is 2. The van der Waals surface area contributed by atoms with Crippen molar-refractivity contribution in [3.05, 3.63) is 69.7 Å². The summed E-state index contributed by atoms with van der Waals surface area (Å²) in [5.41, 5.74) is -3.86. The summed E-state index contributed by atoms with van der Waals surface area (Å²) in [6.45, 7) is 0. The van der Waals surface area contributed by atoms with E-state index in [1.165, 1.54) is 47.8 Å². The number of hydrogen-bond acceptors (Lipinski definition) is 3. The van der Waals surface area contributed by atoms with Gasteiger partial charge in [0, 0.05) is 15.6 Å². The third-order valence-corrected chi connectivity index (χ3v) is 5.05. The number of hydrogen-bond donors (Lipinski definition) is 3. The second kappa shape index (κ2) is 7.27. The maximum atomic E-state index is 13.8. The summed E-state index contributed by atoms with van der Waals surface area (Å²) >= 11 is 11.9. The van der Waals surface area contributed by atoms with Crippen molar-refractivity contribution in [1.82, 2.24) is 10.6 Å². The lowest BCUT2D eigenvalue weighted by molar-refractivity contribution is -0.287. The normalized spacial score (nSPS) is 25.0. The van der Waals surface area contributed by atoms with Crippen LogP contribution in [-0.4, -0.2) is 28.8 Å². The highest BCUT2D eigenvalue weighted by atomic mass is 35.5. The van der Waals surface area contributed by atoms with Gasteiger partial charge in [0.1, 0.15) is 5.92 Å². The van der Waals surface area contributed by atoms with E-state index in [-0.39, 0.29) is 21.2 Å². The zero-order valence-corrected chi connectivity index (χ0v) is 15.4. The first-order valence-corrected chi connectivity index (χ1v) is 8.72. The fourth-order valence-electron chi connectivity index (χ4n) is 3.12. The van der Waals surface area contributed by atoms with Gasteiger partial charge in [-0.05, 0) is 35.9 Å². The van der Waals surface area contributed by atoms with Crippen LogP contribution in [0.25, 0.3) is 0 Å². The molecule has 1 heterocycles. The van der Waals surface area contributed by atoms with Crippen LogP contribution in [-0.2, 0) is 0 Å². The van der Waals surface area contributed by atoms with Crippen molar-refractivity contribution >= 4 is 35.0 Å². The lowest BCUT2D eigenvalue weighted by Crippen LogP contribution is -2.72. The summed E-state index contributed by atoms with van der Waals surface area (Å²) in [5.74, 6) is -3.19. The Hall–Kier alpha value is -2.29. The number of halogens is 5. The molecule has 1 saturated heterocycles. The number of nitrogens with one attached hydrogen (secondary N) is 2. The summed E-state index contributed by atoms with van der Waals surface area (Å²) in [5, 5.41) is 14.5. The first-order chi connectivity index (χ1) is 13.0. The number of carbonyl (C=O) groups is 2. The van der Waals surface area contributed by atoms with Gasteiger partial charge in [0.2, 0.25) is 5.72 Å². The van der Waals surface area contributed by atoms with Crippen LogP contribution in [0.15, 0.2) is 48.5 Å². The zero-order chi connectivity index (χ0) is 20.7. The molecule has 148 valence electrons. The molecule has 3 atom stereocenters. The topological polar surface area (TPSA) is 78.4 Å². The molecule has 0 unspecified atom stereocenters. The molecular formula is C18H13Cl2F3N2O3. The third kappa shape index (κ3) is 3.55. The van der Waals surface area contributed by atoms with Gasteiger partial charge in [-0.15, -0.1) is 0 Å². The van der Waals surface area contributed by atoms with E-state index in [0.717, 1.165) is 0 Å². The van der Waals surface area contributed by atoms with Gasteiger partial charge in [0.25, 0.3) is 0 Å². The molecule has 0 aromatic heterocycles. The Morgan fingerprint density at radius 1 is 1.07 bits per heavy atom. The van der Waals surface area contributed by atoms with Crippen molar-refractivity contribution in [3.8, 4) is 0 Å². The Bertz CT molecular complexity index is 921. The zero-order valence-electron chi connectivity index (χ0n) is 13.9. The van der Waals surface area contributed by atoms with Crippen molar-refractivity contribution in [3.63, 3.8) is 0 Å².